The maximum absolute atomic E-state index is 11.3. The zero-order chi connectivity index (χ0) is 17.6. The van der Waals surface area contributed by atoms with Crippen LogP contribution in [0.4, 0.5) is 5.69 Å². The summed E-state index contributed by atoms with van der Waals surface area (Å²) in [7, 11) is -3.74. The van der Waals surface area contributed by atoms with Gasteiger partial charge in [0, 0.05) is 11.6 Å². The van der Waals surface area contributed by atoms with E-state index in [0.717, 1.165) is 21.1 Å². The third-order valence-electron chi connectivity index (χ3n) is 3.79. The number of hydrogen-bond acceptors (Lipinski definition) is 6. The van der Waals surface area contributed by atoms with Crippen LogP contribution in [-0.2, 0) is 10.0 Å². The number of nitrogens with one attached hydrogen (secondary N) is 1. The van der Waals surface area contributed by atoms with Gasteiger partial charge in [0.25, 0.3) is 0 Å². The van der Waals surface area contributed by atoms with Gasteiger partial charge in [-0.05, 0) is 36.4 Å². The summed E-state index contributed by atoms with van der Waals surface area (Å²) in [5.74, 6) is 0.000376. The van der Waals surface area contributed by atoms with Gasteiger partial charge in [0.2, 0.25) is 10.0 Å². The Bertz CT molecular complexity index is 1220. The molecule has 7 nitrogen and oxygen atoms in total. The van der Waals surface area contributed by atoms with Crippen LogP contribution in [0.3, 0.4) is 0 Å². The molecule has 0 saturated heterocycles. The fraction of sp³-hybridized carbons (Fsp3) is 0. The van der Waals surface area contributed by atoms with E-state index in [1.54, 1.807) is 17.6 Å². The van der Waals surface area contributed by atoms with Crippen molar-refractivity contribution < 1.29 is 13.5 Å². The van der Waals surface area contributed by atoms with Gasteiger partial charge in [0.05, 0.1) is 37.4 Å². The lowest BCUT2D eigenvalue weighted by Crippen LogP contribution is -2.11. The topological polar surface area (TPSA) is 121 Å². The van der Waals surface area contributed by atoms with Gasteiger partial charge in [-0.2, -0.15) is 0 Å². The molecule has 0 fully saturated rings. The summed E-state index contributed by atoms with van der Waals surface area (Å²) in [4.78, 5) is 11.6. The third-order valence-corrected chi connectivity index (χ3v) is 5.51. The van der Waals surface area contributed by atoms with E-state index < -0.39 is 10.0 Å². The van der Waals surface area contributed by atoms with Crippen LogP contribution < -0.4 is 5.14 Å². The first-order valence-electron chi connectivity index (χ1n) is 7.17. The lowest BCUT2D eigenvalue weighted by molar-refractivity contribution is 0.457. The van der Waals surface area contributed by atoms with Crippen molar-refractivity contribution in [1.82, 2.24) is 9.97 Å². The standard InChI is InChI=1S/C16H12N4O3S2/c17-25(22,23)10-3-1-9(2-4-10)18-7-11-14-12(20-16(11)21)5-6-13-15(14)19-8-24-13/h1-8,20-21H,(H2,17,22,23). The number of nitrogens with two attached hydrogens (primary N) is 1. The van der Waals surface area contributed by atoms with Crippen molar-refractivity contribution >= 4 is 54.4 Å². The van der Waals surface area contributed by atoms with Gasteiger partial charge in [-0.3, -0.25) is 4.99 Å². The second-order valence-electron chi connectivity index (χ2n) is 5.37. The van der Waals surface area contributed by atoms with Crippen molar-refractivity contribution in [2.24, 2.45) is 10.1 Å². The van der Waals surface area contributed by atoms with Crippen LogP contribution in [0.25, 0.3) is 21.1 Å². The fourth-order valence-corrected chi connectivity index (χ4v) is 3.81. The summed E-state index contributed by atoms with van der Waals surface area (Å²) >= 11 is 1.52. The summed E-state index contributed by atoms with van der Waals surface area (Å²) in [6, 6.07) is 9.68. The number of fused-ring (bicyclic) bond motifs is 3. The summed E-state index contributed by atoms with van der Waals surface area (Å²) in [6.07, 6.45) is 1.53. The number of aromatic hydroxyl groups is 1. The van der Waals surface area contributed by atoms with Crippen molar-refractivity contribution in [1.29, 1.82) is 0 Å². The average molecular weight is 372 g/mol. The molecule has 0 unspecified atom stereocenters. The van der Waals surface area contributed by atoms with Crippen molar-refractivity contribution in [2.75, 3.05) is 0 Å². The van der Waals surface area contributed by atoms with E-state index in [1.807, 2.05) is 12.1 Å². The number of primary sulfonamides is 1. The Morgan fingerprint density at radius 1 is 1.20 bits per heavy atom. The lowest BCUT2D eigenvalue weighted by atomic mass is 10.1. The lowest BCUT2D eigenvalue weighted by Gasteiger charge is -1.98. The molecule has 25 heavy (non-hydrogen) atoms. The third kappa shape index (κ3) is 2.78. The smallest absolute Gasteiger partial charge is 0.238 e. The van der Waals surface area contributed by atoms with Gasteiger partial charge in [0.1, 0.15) is 0 Å². The predicted octanol–water partition coefficient (Wildman–Crippen LogP) is 2.88. The van der Waals surface area contributed by atoms with Crippen molar-refractivity contribution in [3.8, 4) is 5.88 Å². The molecule has 2 aromatic carbocycles. The SMILES string of the molecule is NS(=O)(=O)c1ccc(N=Cc2c(O)[nH]c3ccc4scnc4c23)cc1. The number of benzene rings is 2. The van der Waals surface area contributed by atoms with Gasteiger partial charge < -0.3 is 10.1 Å². The fourth-order valence-electron chi connectivity index (χ4n) is 2.61. The number of aromatic amines is 1. The first kappa shape index (κ1) is 15.8. The number of sulfonamides is 1. The first-order valence-corrected chi connectivity index (χ1v) is 9.60. The Kier molecular flexibility index (Phi) is 3.57. The number of aromatic nitrogens is 2. The Hall–Kier alpha value is -2.75. The number of hydrogen-bond donors (Lipinski definition) is 3. The first-order chi connectivity index (χ1) is 11.9. The van der Waals surface area contributed by atoms with E-state index in [9.17, 15) is 13.5 Å². The van der Waals surface area contributed by atoms with Gasteiger partial charge in [-0.15, -0.1) is 11.3 Å². The van der Waals surface area contributed by atoms with E-state index in [2.05, 4.69) is 15.0 Å². The minimum Gasteiger partial charge on any atom is -0.494 e. The highest BCUT2D eigenvalue weighted by Gasteiger charge is 2.14. The molecule has 0 aliphatic heterocycles. The van der Waals surface area contributed by atoms with E-state index in [-0.39, 0.29) is 10.8 Å². The van der Waals surface area contributed by atoms with Crippen LogP contribution in [0.2, 0.25) is 0 Å². The maximum atomic E-state index is 11.3. The second kappa shape index (κ2) is 5.66. The number of thiazole rings is 1. The van der Waals surface area contributed by atoms with Gasteiger partial charge in [-0.1, -0.05) is 0 Å². The summed E-state index contributed by atoms with van der Waals surface area (Å²) < 4.78 is 23.6. The van der Waals surface area contributed by atoms with Gasteiger partial charge in [0.15, 0.2) is 5.88 Å². The van der Waals surface area contributed by atoms with Crippen LogP contribution in [0.15, 0.2) is 51.8 Å². The van der Waals surface area contributed by atoms with E-state index in [1.165, 1.54) is 29.7 Å². The number of rotatable bonds is 3. The normalized spacial score (nSPS) is 12.5. The summed E-state index contributed by atoms with van der Waals surface area (Å²) in [6.45, 7) is 0. The van der Waals surface area contributed by atoms with Gasteiger partial charge >= 0.3 is 0 Å². The second-order valence-corrected chi connectivity index (χ2v) is 7.82. The van der Waals surface area contributed by atoms with E-state index in [4.69, 9.17) is 5.14 Å². The van der Waals surface area contributed by atoms with Crippen LogP contribution in [0, 0.1) is 0 Å². The molecule has 9 heteroatoms. The molecule has 0 aliphatic rings. The van der Waals surface area contributed by atoms with Crippen LogP contribution in [0.5, 0.6) is 5.88 Å². The molecule has 0 spiro atoms. The minimum absolute atomic E-state index is 0.000376. The molecule has 4 N–H and O–H groups in total. The highest BCUT2D eigenvalue weighted by atomic mass is 32.2. The predicted molar refractivity (Wildman–Crippen MR) is 98.2 cm³/mol. The van der Waals surface area contributed by atoms with Crippen LogP contribution in [-0.4, -0.2) is 29.7 Å². The Morgan fingerprint density at radius 3 is 2.68 bits per heavy atom. The molecule has 0 radical (unpaired) electrons. The number of H-pyrrole nitrogens is 1. The van der Waals surface area contributed by atoms with Crippen LogP contribution >= 0.6 is 11.3 Å². The van der Waals surface area contributed by atoms with E-state index >= 15 is 0 Å². The minimum atomic E-state index is -3.74. The molecule has 0 amide bonds. The van der Waals surface area contributed by atoms with Crippen molar-refractivity contribution in [3.63, 3.8) is 0 Å². The molecule has 0 saturated carbocycles. The molecule has 0 atom stereocenters. The average Bonchev–Trinajstić information content (AvgIpc) is 3.15. The Balaban J connectivity index is 1.79. The molecule has 2 aromatic heterocycles. The van der Waals surface area contributed by atoms with Crippen molar-refractivity contribution in [3.05, 3.63) is 47.5 Å². The summed E-state index contributed by atoms with van der Waals surface area (Å²) in [5, 5.41) is 16.1. The Morgan fingerprint density at radius 2 is 1.96 bits per heavy atom. The maximum Gasteiger partial charge on any atom is 0.238 e. The molecular formula is C16H12N4O3S2. The number of aliphatic imine (C=N–C) groups is 1. The monoisotopic (exact) mass is 372 g/mol. The summed E-state index contributed by atoms with van der Waals surface area (Å²) in [5.41, 5.74) is 4.38. The molecule has 0 bridgehead atoms. The molecule has 4 aromatic rings. The van der Waals surface area contributed by atoms with Crippen molar-refractivity contribution in [2.45, 2.75) is 4.90 Å². The highest BCUT2D eigenvalue weighted by Crippen LogP contribution is 2.33. The molecule has 2 heterocycles. The zero-order valence-corrected chi connectivity index (χ0v) is 14.3. The van der Waals surface area contributed by atoms with Crippen LogP contribution in [0.1, 0.15) is 5.56 Å². The zero-order valence-electron chi connectivity index (χ0n) is 12.7. The molecular weight excluding hydrogens is 360 g/mol. The molecule has 126 valence electrons. The highest BCUT2D eigenvalue weighted by molar-refractivity contribution is 7.89. The quantitative estimate of drug-likeness (QED) is 0.479. The molecule has 4 rings (SSSR count). The van der Waals surface area contributed by atoms with E-state index in [0.29, 0.717) is 11.3 Å². The number of nitrogens with zero attached hydrogens (tertiary/aromatic N) is 2. The Labute approximate surface area is 146 Å². The molecule has 0 aliphatic carbocycles. The van der Waals surface area contributed by atoms with Gasteiger partial charge in [-0.25, -0.2) is 18.5 Å². The largest absolute Gasteiger partial charge is 0.494 e.